The van der Waals surface area contributed by atoms with Crippen molar-refractivity contribution in [3.8, 4) is 5.69 Å². The first kappa shape index (κ1) is 23.1. The van der Waals surface area contributed by atoms with Crippen LogP contribution in [0.2, 0.25) is 0 Å². The summed E-state index contributed by atoms with van der Waals surface area (Å²) in [6, 6.07) is 11.9. The Kier molecular flexibility index (Phi) is 6.98. The molecule has 1 aromatic heterocycles. The molecule has 0 bridgehead atoms. The van der Waals surface area contributed by atoms with E-state index in [4.69, 9.17) is 5.73 Å². The van der Waals surface area contributed by atoms with Crippen LogP contribution in [0, 0.1) is 5.82 Å². The van der Waals surface area contributed by atoms with Crippen molar-refractivity contribution in [1.82, 2.24) is 19.8 Å². The lowest BCUT2D eigenvalue weighted by molar-refractivity contribution is 0.0925. The maximum absolute atomic E-state index is 13.1. The van der Waals surface area contributed by atoms with E-state index in [0.717, 1.165) is 32.5 Å². The molecule has 3 aromatic rings. The fraction of sp³-hybridized carbons (Fsp3) is 0.250. The molecule has 9 nitrogen and oxygen atoms in total. The zero-order valence-corrected chi connectivity index (χ0v) is 18.5. The van der Waals surface area contributed by atoms with Gasteiger partial charge in [0.05, 0.1) is 0 Å². The van der Waals surface area contributed by atoms with Gasteiger partial charge in [-0.05, 0) is 74.5 Å². The van der Waals surface area contributed by atoms with Gasteiger partial charge in [-0.15, -0.1) is 0 Å². The van der Waals surface area contributed by atoms with E-state index >= 15 is 0 Å². The Hall–Kier alpha value is -4.05. The number of amides is 3. The molecule has 0 aliphatic carbocycles. The summed E-state index contributed by atoms with van der Waals surface area (Å²) in [4.78, 5) is 43.4. The first-order valence-corrected chi connectivity index (χ1v) is 11.0. The zero-order valence-electron chi connectivity index (χ0n) is 18.5. The number of aromatic nitrogens is 2. The van der Waals surface area contributed by atoms with Gasteiger partial charge in [-0.25, -0.2) is 9.37 Å². The Bertz CT molecular complexity index is 1180. The Morgan fingerprint density at radius 2 is 1.65 bits per heavy atom. The molecule has 4 rings (SSSR count). The number of carbonyl (C=O) groups is 3. The van der Waals surface area contributed by atoms with Crippen LogP contribution >= 0.6 is 0 Å². The third-order valence-corrected chi connectivity index (χ3v) is 5.64. The van der Waals surface area contributed by atoms with Crippen LogP contribution in [0.25, 0.3) is 5.69 Å². The van der Waals surface area contributed by atoms with Crippen molar-refractivity contribution in [3.05, 3.63) is 77.6 Å². The van der Waals surface area contributed by atoms with Crippen molar-refractivity contribution >= 4 is 23.4 Å². The van der Waals surface area contributed by atoms with Gasteiger partial charge in [0.25, 0.3) is 17.7 Å². The Morgan fingerprint density at radius 1 is 0.971 bits per heavy atom. The first-order chi connectivity index (χ1) is 16.4. The van der Waals surface area contributed by atoms with E-state index in [2.05, 4.69) is 20.5 Å². The highest BCUT2D eigenvalue weighted by molar-refractivity contribution is 6.05. The third-order valence-electron chi connectivity index (χ3n) is 5.64. The number of rotatable bonds is 8. The van der Waals surface area contributed by atoms with E-state index in [1.807, 2.05) is 0 Å². The number of hydrogen-bond acceptors (Lipinski definition) is 5. The zero-order chi connectivity index (χ0) is 24.1. The van der Waals surface area contributed by atoms with Gasteiger partial charge in [-0.3, -0.25) is 19.0 Å². The number of benzene rings is 2. The van der Waals surface area contributed by atoms with Crippen LogP contribution in [0.4, 0.5) is 10.1 Å². The van der Waals surface area contributed by atoms with Crippen LogP contribution in [-0.4, -0.2) is 58.4 Å². The van der Waals surface area contributed by atoms with Crippen LogP contribution in [0.15, 0.2) is 54.9 Å². The maximum Gasteiger partial charge on any atom is 0.270 e. The SMILES string of the molecule is NC(=O)c1ncn(-c2ccc(NC(=O)c3ccc(F)cc3)cc2)c1C(=O)NCCN1CCCC1. The van der Waals surface area contributed by atoms with E-state index in [9.17, 15) is 18.8 Å². The second kappa shape index (κ2) is 10.3. The van der Waals surface area contributed by atoms with E-state index < -0.39 is 17.6 Å². The summed E-state index contributed by atoms with van der Waals surface area (Å²) in [5.74, 6) is -2.05. The number of likely N-dealkylation sites (tertiary alicyclic amines) is 1. The molecule has 2 heterocycles. The fourth-order valence-corrected chi connectivity index (χ4v) is 3.87. The topological polar surface area (TPSA) is 122 Å². The molecular weight excluding hydrogens is 439 g/mol. The lowest BCUT2D eigenvalue weighted by Gasteiger charge is -2.15. The second-order valence-electron chi connectivity index (χ2n) is 7.99. The predicted octanol–water partition coefficient (Wildman–Crippen LogP) is 2.19. The number of hydrogen-bond donors (Lipinski definition) is 3. The molecule has 1 fully saturated rings. The highest BCUT2D eigenvalue weighted by Crippen LogP contribution is 2.19. The normalized spacial score (nSPS) is 13.6. The second-order valence-corrected chi connectivity index (χ2v) is 7.99. The van der Waals surface area contributed by atoms with Gasteiger partial charge in [0.15, 0.2) is 5.69 Å². The molecule has 0 spiro atoms. The minimum Gasteiger partial charge on any atom is -0.364 e. The fourth-order valence-electron chi connectivity index (χ4n) is 3.87. The number of primary amides is 1. The number of halogens is 1. The van der Waals surface area contributed by atoms with Gasteiger partial charge in [0, 0.05) is 30.0 Å². The van der Waals surface area contributed by atoms with E-state index in [-0.39, 0.29) is 17.3 Å². The van der Waals surface area contributed by atoms with E-state index in [1.165, 1.54) is 35.2 Å². The average molecular weight is 465 g/mol. The molecule has 0 atom stereocenters. The van der Waals surface area contributed by atoms with Crippen LogP contribution in [-0.2, 0) is 0 Å². The summed E-state index contributed by atoms with van der Waals surface area (Å²) >= 11 is 0. The Balaban J connectivity index is 1.48. The monoisotopic (exact) mass is 464 g/mol. The Labute approximate surface area is 195 Å². The molecule has 2 aromatic carbocycles. The van der Waals surface area contributed by atoms with Crippen molar-refractivity contribution in [2.24, 2.45) is 5.73 Å². The number of carbonyl (C=O) groups excluding carboxylic acids is 3. The molecule has 10 heteroatoms. The highest BCUT2D eigenvalue weighted by Gasteiger charge is 2.23. The molecular formula is C24H25FN6O3. The summed E-state index contributed by atoms with van der Waals surface area (Å²) in [6.45, 7) is 3.21. The summed E-state index contributed by atoms with van der Waals surface area (Å²) in [7, 11) is 0. The molecule has 0 unspecified atom stereocenters. The van der Waals surface area contributed by atoms with Crippen LogP contribution in [0.3, 0.4) is 0 Å². The molecule has 0 saturated carbocycles. The maximum atomic E-state index is 13.1. The summed E-state index contributed by atoms with van der Waals surface area (Å²) < 4.78 is 14.5. The van der Waals surface area contributed by atoms with Crippen LogP contribution < -0.4 is 16.4 Å². The van der Waals surface area contributed by atoms with Crippen molar-refractivity contribution < 1.29 is 18.8 Å². The van der Waals surface area contributed by atoms with Gasteiger partial charge < -0.3 is 21.3 Å². The molecule has 1 aliphatic heterocycles. The number of imidazole rings is 1. The molecule has 34 heavy (non-hydrogen) atoms. The van der Waals surface area contributed by atoms with Gasteiger partial charge in [0.2, 0.25) is 0 Å². The smallest absolute Gasteiger partial charge is 0.270 e. The van der Waals surface area contributed by atoms with Crippen LogP contribution in [0.1, 0.15) is 44.2 Å². The molecule has 4 N–H and O–H groups in total. The molecule has 176 valence electrons. The van der Waals surface area contributed by atoms with Gasteiger partial charge in [-0.1, -0.05) is 0 Å². The lowest BCUT2D eigenvalue weighted by atomic mass is 10.2. The van der Waals surface area contributed by atoms with Gasteiger partial charge >= 0.3 is 0 Å². The number of nitrogens with one attached hydrogen (secondary N) is 2. The number of anilines is 1. The van der Waals surface area contributed by atoms with Gasteiger partial charge in [0.1, 0.15) is 17.8 Å². The van der Waals surface area contributed by atoms with Crippen molar-refractivity contribution in [3.63, 3.8) is 0 Å². The number of nitrogens with two attached hydrogens (primary N) is 1. The minimum atomic E-state index is -0.799. The van der Waals surface area contributed by atoms with Crippen molar-refractivity contribution in [2.75, 3.05) is 31.5 Å². The molecule has 1 saturated heterocycles. The lowest BCUT2D eigenvalue weighted by Crippen LogP contribution is -2.35. The van der Waals surface area contributed by atoms with E-state index in [1.54, 1.807) is 24.3 Å². The largest absolute Gasteiger partial charge is 0.364 e. The molecule has 0 radical (unpaired) electrons. The average Bonchev–Trinajstić information content (AvgIpc) is 3.50. The van der Waals surface area contributed by atoms with Crippen molar-refractivity contribution in [2.45, 2.75) is 12.8 Å². The minimum absolute atomic E-state index is 0.0528. The van der Waals surface area contributed by atoms with Gasteiger partial charge in [-0.2, -0.15) is 0 Å². The Morgan fingerprint density at radius 3 is 2.29 bits per heavy atom. The van der Waals surface area contributed by atoms with E-state index in [0.29, 0.717) is 23.5 Å². The quantitative estimate of drug-likeness (QED) is 0.472. The molecule has 1 aliphatic rings. The summed E-state index contributed by atoms with van der Waals surface area (Å²) in [5.41, 5.74) is 6.76. The standard InChI is InChI=1S/C24H25FN6O3/c25-17-5-3-16(4-6-17)23(33)29-18-7-9-19(10-8-18)31-15-28-20(22(26)32)21(31)24(34)27-11-14-30-12-1-2-13-30/h3-10,15H,1-2,11-14H2,(H2,26,32)(H,27,34)(H,29,33). The first-order valence-electron chi connectivity index (χ1n) is 11.0. The highest BCUT2D eigenvalue weighted by atomic mass is 19.1. The predicted molar refractivity (Wildman–Crippen MR) is 124 cm³/mol. The summed E-state index contributed by atoms with van der Waals surface area (Å²) in [6.07, 6.45) is 3.68. The number of nitrogens with zero attached hydrogens (tertiary/aromatic N) is 3. The van der Waals surface area contributed by atoms with Crippen LogP contribution in [0.5, 0.6) is 0 Å². The summed E-state index contributed by atoms with van der Waals surface area (Å²) in [5, 5.41) is 5.57. The van der Waals surface area contributed by atoms with Crippen molar-refractivity contribution in [1.29, 1.82) is 0 Å². The molecule has 3 amide bonds. The third kappa shape index (κ3) is 5.29.